The van der Waals surface area contributed by atoms with Gasteiger partial charge in [0.15, 0.2) is 5.82 Å². The van der Waals surface area contributed by atoms with Gasteiger partial charge in [-0.05, 0) is 61.5 Å². The highest BCUT2D eigenvalue weighted by Crippen LogP contribution is 2.24. The Kier molecular flexibility index (Phi) is 5.82. The Balaban J connectivity index is 1.16. The molecule has 1 aromatic carbocycles. The zero-order valence-corrected chi connectivity index (χ0v) is 17.5. The molecule has 0 bridgehead atoms. The first-order valence-corrected chi connectivity index (χ1v) is 11.1. The lowest BCUT2D eigenvalue weighted by Crippen LogP contribution is -2.40. The standard InChI is InChI=1S/C25H29N5/c1-2-6-20(7-3-1)17-29-13-9-21(10-14-29)18-30-15-11-22-16-27-25(28-24(22)19-30)23-8-4-5-12-26-23/h1-8,12,16,21H,9-11,13-15,17-19H2. The van der Waals surface area contributed by atoms with Gasteiger partial charge in [-0.3, -0.25) is 14.8 Å². The lowest BCUT2D eigenvalue weighted by molar-refractivity contribution is 0.131. The quantitative estimate of drug-likeness (QED) is 0.653. The van der Waals surface area contributed by atoms with Gasteiger partial charge in [-0.25, -0.2) is 9.97 Å². The molecule has 3 aromatic rings. The Morgan fingerprint density at radius 2 is 1.70 bits per heavy atom. The molecule has 5 heteroatoms. The van der Waals surface area contributed by atoms with Crippen molar-refractivity contribution < 1.29 is 0 Å². The lowest BCUT2D eigenvalue weighted by Gasteiger charge is -2.36. The molecule has 2 aliphatic rings. The summed E-state index contributed by atoms with van der Waals surface area (Å²) >= 11 is 0. The second-order valence-corrected chi connectivity index (χ2v) is 8.57. The van der Waals surface area contributed by atoms with E-state index in [0.29, 0.717) is 0 Å². The zero-order chi connectivity index (χ0) is 20.2. The van der Waals surface area contributed by atoms with E-state index in [4.69, 9.17) is 4.98 Å². The van der Waals surface area contributed by atoms with E-state index >= 15 is 0 Å². The van der Waals surface area contributed by atoms with E-state index in [1.54, 1.807) is 6.20 Å². The van der Waals surface area contributed by atoms with Gasteiger partial charge in [-0.15, -0.1) is 0 Å². The van der Waals surface area contributed by atoms with Crippen molar-refractivity contribution >= 4 is 0 Å². The first-order valence-electron chi connectivity index (χ1n) is 11.1. The first kappa shape index (κ1) is 19.3. The lowest BCUT2D eigenvalue weighted by atomic mass is 9.94. The molecule has 2 aliphatic heterocycles. The Labute approximate surface area is 178 Å². The molecule has 0 radical (unpaired) electrons. The maximum absolute atomic E-state index is 4.86. The summed E-state index contributed by atoms with van der Waals surface area (Å²) in [5.74, 6) is 1.53. The molecule has 1 saturated heterocycles. The summed E-state index contributed by atoms with van der Waals surface area (Å²) in [6, 6.07) is 16.7. The number of hydrogen-bond donors (Lipinski definition) is 0. The Morgan fingerprint density at radius 3 is 2.50 bits per heavy atom. The second kappa shape index (κ2) is 9.02. The van der Waals surface area contributed by atoms with E-state index in [2.05, 4.69) is 50.1 Å². The maximum atomic E-state index is 4.86. The number of rotatable bonds is 5. The van der Waals surface area contributed by atoms with Crippen LogP contribution in [-0.4, -0.2) is 50.9 Å². The third-order valence-corrected chi connectivity index (χ3v) is 6.39. The molecule has 0 N–H and O–H groups in total. The normalized spacial score (nSPS) is 18.3. The first-order chi connectivity index (χ1) is 14.8. The molecule has 0 saturated carbocycles. The van der Waals surface area contributed by atoms with Crippen LogP contribution in [0.4, 0.5) is 0 Å². The highest BCUT2D eigenvalue weighted by Gasteiger charge is 2.25. The van der Waals surface area contributed by atoms with Crippen LogP contribution in [0.25, 0.3) is 11.5 Å². The van der Waals surface area contributed by atoms with E-state index in [1.807, 2.05) is 24.4 Å². The largest absolute Gasteiger partial charge is 0.299 e. The number of hydrogen-bond acceptors (Lipinski definition) is 5. The van der Waals surface area contributed by atoms with Gasteiger partial charge in [-0.2, -0.15) is 0 Å². The van der Waals surface area contributed by atoms with Gasteiger partial charge in [0.2, 0.25) is 0 Å². The number of piperidine rings is 1. The zero-order valence-electron chi connectivity index (χ0n) is 17.5. The summed E-state index contributed by atoms with van der Waals surface area (Å²) in [6.45, 7) is 6.72. The van der Waals surface area contributed by atoms with Crippen molar-refractivity contribution in [1.29, 1.82) is 0 Å². The molecule has 5 rings (SSSR count). The van der Waals surface area contributed by atoms with Crippen LogP contribution in [0.15, 0.2) is 60.9 Å². The van der Waals surface area contributed by atoms with E-state index in [0.717, 1.165) is 43.5 Å². The average molecular weight is 400 g/mol. The third-order valence-electron chi connectivity index (χ3n) is 6.39. The van der Waals surface area contributed by atoms with Crippen LogP contribution in [0.2, 0.25) is 0 Å². The minimum Gasteiger partial charge on any atom is -0.299 e. The molecule has 0 amide bonds. The van der Waals surface area contributed by atoms with Gasteiger partial charge in [0, 0.05) is 38.6 Å². The number of likely N-dealkylation sites (tertiary alicyclic amines) is 1. The van der Waals surface area contributed by atoms with Crippen LogP contribution in [0.1, 0.15) is 29.7 Å². The molecule has 30 heavy (non-hydrogen) atoms. The maximum Gasteiger partial charge on any atom is 0.178 e. The van der Waals surface area contributed by atoms with Gasteiger partial charge in [0.25, 0.3) is 0 Å². The Morgan fingerprint density at radius 1 is 0.867 bits per heavy atom. The molecule has 1 fully saturated rings. The SMILES string of the molecule is c1ccc(CN2CCC(CN3CCc4cnc(-c5ccccn5)nc4C3)CC2)cc1. The second-order valence-electron chi connectivity index (χ2n) is 8.57. The molecular formula is C25H29N5. The fourth-order valence-electron chi connectivity index (χ4n) is 4.67. The van der Waals surface area contributed by atoms with Crippen molar-refractivity contribution in [2.45, 2.75) is 32.4 Å². The fourth-order valence-corrected chi connectivity index (χ4v) is 4.67. The topological polar surface area (TPSA) is 45.2 Å². The van der Waals surface area contributed by atoms with Gasteiger partial charge in [0.05, 0.1) is 5.69 Å². The van der Waals surface area contributed by atoms with Gasteiger partial charge in [-0.1, -0.05) is 36.4 Å². The van der Waals surface area contributed by atoms with E-state index in [9.17, 15) is 0 Å². The summed E-state index contributed by atoms with van der Waals surface area (Å²) < 4.78 is 0. The van der Waals surface area contributed by atoms with Crippen molar-refractivity contribution in [2.24, 2.45) is 5.92 Å². The Bertz CT molecular complexity index is 952. The minimum atomic E-state index is 0.741. The van der Waals surface area contributed by atoms with Crippen LogP contribution >= 0.6 is 0 Å². The van der Waals surface area contributed by atoms with Crippen LogP contribution in [0.3, 0.4) is 0 Å². The highest BCUT2D eigenvalue weighted by atomic mass is 15.2. The predicted molar refractivity (Wildman–Crippen MR) is 119 cm³/mol. The van der Waals surface area contributed by atoms with Crippen molar-refractivity contribution in [2.75, 3.05) is 26.2 Å². The number of aromatic nitrogens is 3. The summed E-state index contributed by atoms with van der Waals surface area (Å²) in [5.41, 5.74) is 4.75. The third kappa shape index (κ3) is 4.58. The molecule has 4 heterocycles. The number of pyridine rings is 1. The Hall–Kier alpha value is -2.63. The molecule has 0 spiro atoms. The molecule has 2 aromatic heterocycles. The molecule has 154 valence electrons. The van der Waals surface area contributed by atoms with E-state index in [1.165, 1.54) is 49.3 Å². The molecule has 5 nitrogen and oxygen atoms in total. The highest BCUT2D eigenvalue weighted by molar-refractivity contribution is 5.49. The van der Waals surface area contributed by atoms with Crippen LogP contribution in [-0.2, 0) is 19.5 Å². The molecular weight excluding hydrogens is 370 g/mol. The van der Waals surface area contributed by atoms with Crippen molar-refractivity contribution in [1.82, 2.24) is 24.8 Å². The van der Waals surface area contributed by atoms with Crippen molar-refractivity contribution in [3.8, 4) is 11.5 Å². The summed E-state index contributed by atoms with van der Waals surface area (Å²) in [5, 5.41) is 0. The number of nitrogens with zero attached hydrogens (tertiary/aromatic N) is 5. The smallest absolute Gasteiger partial charge is 0.178 e. The van der Waals surface area contributed by atoms with Crippen LogP contribution in [0.5, 0.6) is 0 Å². The molecule has 0 unspecified atom stereocenters. The van der Waals surface area contributed by atoms with Gasteiger partial charge < -0.3 is 0 Å². The fraction of sp³-hybridized carbons (Fsp3) is 0.400. The molecule has 0 atom stereocenters. The summed E-state index contributed by atoms with van der Waals surface area (Å²) in [7, 11) is 0. The number of benzene rings is 1. The van der Waals surface area contributed by atoms with Crippen molar-refractivity contribution in [3.05, 3.63) is 77.7 Å². The average Bonchev–Trinajstić information content (AvgIpc) is 2.81. The summed E-state index contributed by atoms with van der Waals surface area (Å²) in [4.78, 5) is 19.0. The van der Waals surface area contributed by atoms with Crippen LogP contribution in [0, 0.1) is 5.92 Å². The van der Waals surface area contributed by atoms with Gasteiger partial charge in [0.1, 0.15) is 5.69 Å². The molecule has 0 aliphatic carbocycles. The summed E-state index contributed by atoms with van der Waals surface area (Å²) in [6.07, 6.45) is 7.43. The van der Waals surface area contributed by atoms with E-state index in [-0.39, 0.29) is 0 Å². The van der Waals surface area contributed by atoms with E-state index < -0.39 is 0 Å². The monoisotopic (exact) mass is 399 g/mol. The van der Waals surface area contributed by atoms with Crippen LogP contribution < -0.4 is 0 Å². The van der Waals surface area contributed by atoms with Crippen molar-refractivity contribution in [3.63, 3.8) is 0 Å². The minimum absolute atomic E-state index is 0.741. The number of fused-ring (bicyclic) bond motifs is 1. The van der Waals surface area contributed by atoms with Gasteiger partial charge >= 0.3 is 0 Å². The predicted octanol–water partition coefficient (Wildman–Crippen LogP) is 3.81.